The minimum atomic E-state index is 0.601. The summed E-state index contributed by atoms with van der Waals surface area (Å²) in [5, 5.41) is 0.602. The molecule has 96 valence electrons. The molecule has 0 saturated heterocycles. The third-order valence-electron chi connectivity index (χ3n) is 2.34. The number of hydrogen-bond donors (Lipinski definition) is 1. The molecule has 0 spiro atoms. The average molecular weight is 258 g/mol. The Labute approximate surface area is 108 Å². The van der Waals surface area contributed by atoms with E-state index >= 15 is 0 Å². The van der Waals surface area contributed by atoms with Gasteiger partial charge in [0.05, 0.1) is 18.2 Å². The van der Waals surface area contributed by atoms with E-state index in [2.05, 4.69) is 0 Å². The van der Waals surface area contributed by atoms with Crippen molar-refractivity contribution < 1.29 is 9.47 Å². The maximum Gasteiger partial charge on any atom is 0.141 e. The summed E-state index contributed by atoms with van der Waals surface area (Å²) in [5.74, 6) is 1.54. The Bertz CT molecular complexity index is 356. The maximum atomic E-state index is 6.19. The van der Waals surface area contributed by atoms with E-state index in [0.717, 1.165) is 29.9 Å². The summed E-state index contributed by atoms with van der Waals surface area (Å²) in [6, 6.07) is 3.78. The SMILES string of the molecule is CCOc1cc(Cl)c(OCC)c(CCCN)c1. The van der Waals surface area contributed by atoms with E-state index in [1.54, 1.807) is 6.07 Å². The van der Waals surface area contributed by atoms with Crippen molar-refractivity contribution in [3.8, 4) is 11.5 Å². The molecule has 0 atom stereocenters. The molecule has 3 nitrogen and oxygen atoms in total. The molecule has 0 amide bonds. The molecule has 0 heterocycles. The summed E-state index contributed by atoms with van der Waals surface area (Å²) in [5.41, 5.74) is 6.59. The number of rotatable bonds is 7. The Morgan fingerprint density at radius 3 is 2.47 bits per heavy atom. The Kier molecular flexibility index (Phi) is 6.16. The lowest BCUT2D eigenvalue weighted by atomic mass is 10.1. The molecule has 4 heteroatoms. The van der Waals surface area contributed by atoms with Gasteiger partial charge in [0, 0.05) is 6.07 Å². The van der Waals surface area contributed by atoms with Gasteiger partial charge < -0.3 is 15.2 Å². The number of benzene rings is 1. The normalized spacial score (nSPS) is 10.4. The molecular formula is C13H20ClNO2. The van der Waals surface area contributed by atoms with E-state index in [1.165, 1.54) is 0 Å². The van der Waals surface area contributed by atoms with Crippen LogP contribution in [0.15, 0.2) is 12.1 Å². The van der Waals surface area contributed by atoms with Crippen LogP contribution in [0.25, 0.3) is 0 Å². The van der Waals surface area contributed by atoms with E-state index in [9.17, 15) is 0 Å². The van der Waals surface area contributed by atoms with Gasteiger partial charge in [-0.3, -0.25) is 0 Å². The zero-order valence-corrected chi connectivity index (χ0v) is 11.2. The molecule has 17 heavy (non-hydrogen) atoms. The van der Waals surface area contributed by atoms with E-state index in [-0.39, 0.29) is 0 Å². The van der Waals surface area contributed by atoms with Crippen LogP contribution in [0.5, 0.6) is 11.5 Å². The van der Waals surface area contributed by atoms with Crippen molar-refractivity contribution >= 4 is 11.6 Å². The van der Waals surface area contributed by atoms with Gasteiger partial charge in [0.1, 0.15) is 11.5 Å². The molecule has 1 aromatic carbocycles. The van der Waals surface area contributed by atoms with Crippen LogP contribution < -0.4 is 15.2 Å². The summed E-state index contributed by atoms with van der Waals surface area (Å²) in [6.45, 7) is 5.77. The standard InChI is InChI=1S/C13H20ClNO2/c1-3-16-11-8-10(6-5-7-15)13(17-4-2)12(14)9-11/h8-9H,3-7,15H2,1-2H3. The largest absolute Gasteiger partial charge is 0.494 e. The Morgan fingerprint density at radius 1 is 1.18 bits per heavy atom. The molecule has 0 saturated carbocycles. The molecule has 1 rings (SSSR count). The molecule has 1 aromatic rings. The zero-order valence-electron chi connectivity index (χ0n) is 10.5. The predicted octanol–water partition coefficient (Wildman–Crippen LogP) is 3.03. The van der Waals surface area contributed by atoms with Gasteiger partial charge in [-0.1, -0.05) is 11.6 Å². The summed E-state index contributed by atoms with van der Waals surface area (Å²) in [7, 11) is 0. The third-order valence-corrected chi connectivity index (χ3v) is 2.62. The maximum absolute atomic E-state index is 6.19. The smallest absolute Gasteiger partial charge is 0.141 e. The topological polar surface area (TPSA) is 44.5 Å². The van der Waals surface area contributed by atoms with Crippen LogP contribution in [0.2, 0.25) is 5.02 Å². The van der Waals surface area contributed by atoms with Gasteiger partial charge >= 0.3 is 0 Å². The molecule has 0 radical (unpaired) electrons. The van der Waals surface area contributed by atoms with Gasteiger partial charge in [-0.25, -0.2) is 0 Å². The lowest BCUT2D eigenvalue weighted by molar-refractivity contribution is 0.327. The fourth-order valence-corrected chi connectivity index (χ4v) is 1.94. The number of aryl methyl sites for hydroxylation is 1. The second kappa shape index (κ2) is 7.41. The van der Waals surface area contributed by atoms with E-state index < -0.39 is 0 Å². The highest BCUT2D eigenvalue weighted by molar-refractivity contribution is 6.32. The highest BCUT2D eigenvalue weighted by Gasteiger charge is 2.11. The van der Waals surface area contributed by atoms with Crippen LogP contribution in [-0.2, 0) is 6.42 Å². The van der Waals surface area contributed by atoms with Gasteiger partial charge in [0.15, 0.2) is 0 Å². The zero-order chi connectivity index (χ0) is 12.7. The molecule has 2 N–H and O–H groups in total. The van der Waals surface area contributed by atoms with Crippen LogP contribution in [0.1, 0.15) is 25.8 Å². The number of hydrogen-bond acceptors (Lipinski definition) is 3. The summed E-state index contributed by atoms with van der Waals surface area (Å²) < 4.78 is 11.0. The molecule has 0 bridgehead atoms. The molecular weight excluding hydrogens is 238 g/mol. The first-order chi connectivity index (χ1) is 8.22. The second-order valence-corrected chi connectivity index (χ2v) is 4.06. The highest BCUT2D eigenvalue weighted by atomic mass is 35.5. The van der Waals surface area contributed by atoms with Crippen molar-refractivity contribution in [2.45, 2.75) is 26.7 Å². The van der Waals surface area contributed by atoms with Gasteiger partial charge in [-0.2, -0.15) is 0 Å². The molecule has 0 aliphatic rings. The first-order valence-corrected chi connectivity index (χ1v) is 6.38. The van der Waals surface area contributed by atoms with Gasteiger partial charge in [0.25, 0.3) is 0 Å². The number of nitrogens with two attached hydrogens (primary N) is 1. The molecule has 0 aromatic heterocycles. The minimum Gasteiger partial charge on any atom is -0.494 e. The molecule has 0 aliphatic heterocycles. The van der Waals surface area contributed by atoms with Crippen molar-refractivity contribution in [3.05, 3.63) is 22.7 Å². The second-order valence-electron chi connectivity index (χ2n) is 3.65. The van der Waals surface area contributed by atoms with Gasteiger partial charge in [-0.15, -0.1) is 0 Å². The van der Waals surface area contributed by atoms with Crippen molar-refractivity contribution in [2.24, 2.45) is 5.73 Å². The lowest BCUT2D eigenvalue weighted by Crippen LogP contribution is -2.04. The summed E-state index contributed by atoms with van der Waals surface area (Å²) in [6.07, 6.45) is 1.76. The van der Waals surface area contributed by atoms with Crippen molar-refractivity contribution in [1.82, 2.24) is 0 Å². The monoisotopic (exact) mass is 257 g/mol. The predicted molar refractivity (Wildman–Crippen MR) is 71.2 cm³/mol. The Morgan fingerprint density at radius 2 is 1.88 bits per heavy atom. The Hall–Kier alpha value is -0.930. The fourth-order valence-electron chi connectivity index (χ4n) is 1.66. The number of halogens is 1. The summed E-state index contributed by atoms with van der Waals surface area (Å²) in [4.78, 5) is 0. The van der Waals surface area contributed by atoms with E-state index in [1.807, 2.05) is 19.9 Å². The van der Waals surface area contributed by atoms with Crippen molar-refractivity contribution in [3.63, 3.8) is 0 Å². The van der Waals surface area contributed by atoms with E-state index in [4.69, 9.17) is 26.8 Å². The van der Waals surface area contributed by atoms with Crippen LogP contribution in [-0.4, -0.2) is 19.8 Å². The van der Waals surface area contributed by atoms with Gasteiger partial charge in [0.2, 0.25) is 0 Å². The van der Waals surface area contributed by atoms with Crippen LogP contribution >= 0.6 is 11.6 Å². The molecule has 0 aliphatic carbocycles. The fraction of sp³-hybridized carbons (Fsp3) is 0.538. The number of ether oxygens (including phenoxy) is 2. The highest BCUT2D eigenvalue weighted by Crippen LogP contribution is 2.34. The van der Waals surface area contributed by atoms with Gasteiger partial charge in [-0.05, 0) is 44.9 Å². The third kappa shape index (κ3) is 4.10. The van der Waals surface area contributed by atoms with E-state index in [0.29, 0.717) is 24.8 Å². The minimum absolute atomic E-state index is 0.601. The average Bonchev–Trinajstić information content (AvgIpc) is 2.31. The Balaban J connectivity index is 3.00. The lowest BCUT2D eigenvalue weighted by Gasteiger charge is -2.14. The first-order valence-electron chi connectivity index (χ1n) is 6.01. The van der Waals surface area contributed by atoms with Crippen LogP contribution in [0.3, 0.4) is 0 Å². The quantitative estimate of drug-likeness (QED) is 0.817. The molecule has 0 unspecified atom stereocenters. The molecule has 0 fully saturated rings. The van der Waals surface area contributed by atoms with Crippen molar-refractivity contribution in [2.75, 3.05) is 19.8 Å². The van der Waals surface area contributed by atoms with Crippen LogP contribution in [0, 0.1) is 0 Å². The summed E-state index contributed by atoms with van der Waals surface area (Å²) >= 11 is 6.19. The first kappa shape index (κ1) is 14.1. The van der Waals surface area contributed by atoms with Crippen molar-refractivity contribution in [1.29, 1.82) is 0 Å². The van der Waals surface area contributed by atoms with Crippen LogP contribution in [0.4, 0.5) is 0 Å².